The highest BCUT2D eigenvalue weighted by molar-refractivity contribution is 7.17. The number of hydrogen-bond acceptors (Lipinski definition) is 7. The van der Waals surface area contributed by atoms with Gasteiger partial charge in [-0.05, 0) is 50.7 Å². The predicted octanol–water partition coefficient (Wildman–Crippen LogP) is 5.22. The van der Waals surface area contributed by atoms with Crippen LogP contribution in [-0.4, -0.2) is 55.8 Å². The van der Waals surface area contributed by atoms with Crippen molar-refractivity contribution in [1.82, 2.24) is 24.8 Å². The minimum Gasteiger partial charge on any atom is -0.394 e. The molecule has 1 saturated heterocycles. The second-order valence-corrected chi connectivity index (χ2v) is 11.6. The van der Waals surface area contributed by atoms with Crippen LogP contribution in [0.3, 0.4) is 0 Å². The maximum Gasteiger partial charge on any atom is 0.280 e. The summed E-state index contributed by atoms with van der Waals surface area (Å²) in [6.07, 6.45) is 8.46. The molecule has 1 aromatic carbocycles. The number of nitrogens with zero attached hydrogens (tertiary/aromatic N) is 5. The number of thiazole rings is 1. The van der Waals surface area contributed by atoms with E-state index in [0.29, 0.717) is 32.7 Å². The molecule has 38 heavy (non-hydrogen) atoms. The van der Waals surface area contributed by atoms with Gasteiger partial charge in [-0.25, -0.2) is 19.3 Å². The third kappa shape index (κ3) is 4.76. The molecule has 0 spiro atoms. The summed E-state index contributed by atoms with van der Waals surface area (Å²) < 4.78 is 17.6. The lowest BCUT2D eigenvalue weighted by Crippen LogP contribution is -2.39. The Balaban J connectivity index is 1.38. The topological polar surface area (TPSA) is 96.2 Å². The molecule has 2 N–H and O–H groups in total. The molecular formula is C27H28ClFN6O2S. The Bertz CT molecular complexity index is 1480. The summed E-state index contributed by atoms with van der Waals surface area (Å²) in [5.41, 5.74) is 2.00. The highest BCUT2D eigenvalue weighted by Crippen LogP contribution is 2.38. The average molecular weight is 555 g/mol. The molecule has 11 heteroatoms. The van der Waals surface area contributed by atoms with Gasteiger partial charge in [0.2, 0.25) is 0 Å². The van der Waals surface area contributed by atoms with Crippen molar-refractivity contribution in [2.24, 2.45) is 0 Å². The number of fused-ring (bicyclic) bond motifs is 1. The second kappa shape index (κ2) is 10.6. The van der Waals surface area contributed by atoms with E-state index >= 15 is 4.39 Å². The third-order valence-corrected chi connectivity index (χ3v) is 8.69. The highest BCUT2D eigenvalue weighted by atomic mass is 35.5. The van der Waals surface area contributed by atoms with Gasteiger partial charge in [0.25, 0.3) is 5.91 Å². The molecule has 1 saturated carbocycles. The summed E-state index contributed by atoms with van der Waals surface area (Å²) in [4.78, 5) is 28.5. The molecule has 1 aliphatic carbocycles. The van der Waals surface area contributed by atoms with Gasteiger partial charge in [-0.15, -0.1) is 0 Å². The fraction of sp³-hybridized carbons (Fsp3) is 0.407. The van der Waals surface area contributed by atoms with Crippen LogP contribution in [0.2, 0.25) is 4.34 Å². The Morgan fingerprint density at radius 1 is 1.18 bits per heavy atom. The number of aromatic nitrogens is 4. The van der Waals surface area contributed by atoms with Crippen LogP contribution >= 0.6 is 22.9 Å². The lowest BCUT2D eigenvalue weighted by molar-refractivity contribution is 0.0920. The zero-order valence-electron chi connectivity index (χ0n) is 20.7. The van der Waals surface area contributed by atoms with Gasteiger partial charge in [0.1, 0.15) is 27.3 Å². The minimum atomic E-state index is -0.335. The number of anilines is 1. The molecule has 4 aromatic rings. The summed E-state index contributed by atoms with van der Waals surface area (Å²) in [6, 6.07) is 8.66. The number of imidazole rings is 1. The molecule has 4 heterocycles. The van der Waals surface area contributed by atoms with E-state index in [0.717, 1.165) is 61.3 Å². The van der Waals surface area contributed by atoms with Gasteiger partial charge in [0, 0.05) is 24.7 Å². The van der Waals surface area contributed by atoms with E-state index in [-0.39, 0.29) is 36.5 Å². The average Bonchev–Trinajstić information content (AvgIpc) is 3.66. The Kier molecular flexibility index (Phi) is 7.03. The zero-order chi connectivity index (χ0) is 26.2. The Labute approximate surface area is 228 Å². The smallest absolute Gasteiger partial charge is 0.280 e. The van der Waals surface area contributed by atoms with E-state index in [1.165, 1.54) is 12.3 Å². The molecule has 1 aliphatic heterocycles. The number of rotatable bonds is 6. The summed E-state index contributed by atoms with van der Waals surface area (Å²) in [6.45, 7) is 0.907. The molecule has 6 rings (SSSR count). The van der Waals surface area contributed by atoms with Crippen molar-refractivity contribution in [1.29, 1.82) is 0 Å². The largest absolute Gasteiger partial charge is 0.394 e. The van der Waals surface area contributed by atoms with Crippen molar-refractivity contribution in [2.75, 3.05) is 18.1 Å². The van der Waals surface area contributed by atoms with Gasteiger partial charge >= 0.3 is 0 Å². The molecule has 0 radical (unpaired) electrons. The SMILES string of the molecule is O=C(N[C@H]1CCC[C@@H](n2c(-c3ccccc3F)nc3cnc(N4CCCC4CO)cc32)C1)c1ncc(Cl)s1. The molecule has 0 bridgehead atoms. The maximum atomic E-state index is 15.0. The highest BCUT2D eigenvalue weighted by Gasteiger charge is 2.31. The minimum absolute atomic E-state index is 0.00370. The number of hydrogen-bond donors (Lipinski definition) is 2. The first-order valence-corrected chi connectivity index (χ1v) is 14.1. The van der Waals surface area contributed by atoms with Gasteiger partial charge in [0.15, 0.2) is 5.01 Å². The molecule has 1 amide bonds. The quantitative estimate of drug-likeness (QED) is 0.339. The van der Waals surface area contributed by atoms with Crippen LogP contribution in [0.5, 0.6) is 0 Å². The molecular weight excluding hydrogens is 527 g/mol. The zero-order valence-corrected chi connectivity index (χ0v) is 22.3. The Morgan fingerprint density at radius 2 is 2.05 bits per heavy atom. The maximum absolute atomic E-state index is 15.0. The van der Waals surface area contributed by atoms with E-state index in [4.69, 9.17) is 16.6 Å². The number of aliphatic hydroxyl groups is 1. The number of amides is 1. The van der Waals surface area contributed by atoms with Crippen LogP contribution in [0, 0.1) is 5.82 Å². The Morgan fingerprint density at radius 3 is 2.84 bits per heavy atom. The lowest BCUT2D eigenvalue weighted by Gasteiger charge is -2.32. The van der Waals surface area contributed by atoms with Gasteiger partial charge in [-0.3, -0.25) is 4.79 Å². The Hall–Kier alpha value is -3.08. The number of carbonyl (C=O) groups is 1. The van der Waals surface area contributed by atoms with Crippen LogP contribution < -0.4 is 10.2 Å². The normalized spacial score (nSPS) is 21.8. The first-order valence-electron chi connectivity index (χ1n) is 12.9. The fourth-order valence-electron chi connectivity index (χ4n) is 5.81. The summed E-state index contributed by atoms with van der Waals surface area (Å²) in [5.74, 6) is 0.781. The molecule has 2 aliphatic rings. The second-order valence-electron chi connectivity index (χ2n) is 9.95. The van der Waals surface area contributed by atoms with E-state index < -0.39 is 0 Å². The van der Waals surface area contributed by atoms with Crippen LogP contribution in [0.1, 0.15) is 54.4 Å². The molecule has 3 atom stereocenters. The van der Waals surface area contributed by atoms with Crippen molar-refractivity contribution < 1.29 is 14.3 Å². The first-order chi connectivity index (χ1) is 18.5. The summed E-state index contributed by atoms with van der Waals surface area (Å²) in [7, 11) is 0. The van der Waals surface area contributed by atoms with Gasteiger partial charge in [0.05, 0.1) is 36.1 Å². The van der Waals surface area contributed by atoms with Gasteiger partial charge in [-0.1, -0.05) is 35.1 Å². The molecule has 3 aromatic heterocycles. The molecule has 198 valence electrons. The van der Waals surface area contributed by atoms with E-state index in [1.54, 1.807) is 18.3 Å². The number of aliphatic hydroxyl groups excluding tert-OH is 1. The van der Waals surface area contributed by atoms with E-state index in [1.807, 2.05) is 12.1 Å². The van der Waals surface area contributed by atoms with Crippen LogP contribution in [0.15, 0.2) is 42.7 Å². The first kappa shape index (κ1) is 25.2. The number of pyridine rings is 1. The van der Waals surface area contributed by atoms with Crippen molar-refractivity contribution in [3.63, 3.8) is 0 Å². The number of benzene rings is 1. The fourth-order valence-corrected chi connectivity index (χ4v) is 6.63. The summed E-state index contributed by atoms with van der Waals surface area (Å²) in [5, 5.41) is 13.3. The van der Waals surface area contributed by atoms with Crippen molar-refractivity contribution >= 4 is 45.7 Å². The standard InChI is InChI=1S/C27H28ClFN6O2S/c28-23-14-31-27(38-23)26(37)32-16-5-3-6-17(11-16)35-22-12-24(34-10-4-7-18(34)15-36)30-13-21(22)33-25(35)19-8-1-2-9-20(19)29/h1-2,8-9,12-14,16-18,36H,3-7,10-11,15H2,(H,32,37)/t16-,17+,18?/m0/s1. The van der Waals surface area contributed by atoms with E-state index in [2.05, 4.69) is 24.8 Å². The predicted molar refractivity (Wildman–Crippen MR) is 146 cm³/mol. The van der Waals surface area contributed by atoms with Crippen molar-refractivity contribution in [3.05, 3.63) is 57.9 Å². The third-order valence-electron chi connectivity index (χ3n) is 7.58. The molecule has 1 unspecified atom stereocenters. The molecule has 8 nitrogen and oxygen atoms in total. The monoisotopic (exact) mass is 554 g/mol. The lowest BCUT2D eigenvalue weighted by atomic mass is 9.90. The van der Waals surface area contributed by atoms with E-state index in [9.17, 15) is 9.90 Å². The van der Waals surface area contributed by atoms with Crippen molar-refractivity contribution in [3.8, 4) is 11.4 Å². The van der Waals surface area contributed by atoms with Crippen LogP contribution in [-0.2, 0) is 0 Å². The van der Waals surface area contributed by atoms with Crippen LogP contribution in [0.25, 0.3) is 22.4 Å². The van der Waals surface area contributed by atoms with Gasteiger partial charge in [-0.2, -0.15) is 0 Å². The van der Waals surface area contributed by atoms with Crippen LogP contribution in [0.4, 0.5) is 10.2 Å². The number of carbonyl (C=O) groups excluding carboxylic acids is 1. The van der Waals surface area contributed by atoms with Gasteiger partial charge < -0.3 is 19.9 Å². The summed E-state index contributed by atoms with van der Waals surface area (Å²) >= 11 is 7.13. The number of nitrogens with one attached hydrogen (secondary N) is 1. The number of halogens is 2. The molecule has 2 fully saturated rings. The van der Waals surface area contributed by atoms with Crippen molar-refractivity contribution in [2.45, 2.75) is 56.7 Å².